The van der Waals surface area contributed by atoms with Gasteiger partial charge in [-0.1, -0.05) is 0 Å². The Bertz CT molecular complexity index is 514. The zero-order valence-electron chi connectivity index (χ0n) is 7.27. The topological polar surface area (TPSA) is 90.6 Å². The second kappa shape index (κ2) is 3.15. The lowest BCUT2D eigenvalue weighted by molar-refractivity contribution is 0.296. The van der Waals surface area contributed by atoms with E-state index in [0.29, 0.717) is 5.65 Å². The zero-order chi connectivity index (χ0) is 10.1. The van der Waals surface area contributed by atoms with Crippen LogP contribution in [-0.2, 0) is 6.42 Å². The SMILES string of the molecule is O=c1c(CCO)c(O)[nH]c2ccnn12. The lowest BCUT2D eigenvalue weighted by Crippen LogP contribution is -2.20. The van der Waals surface area contributed by atoms with Gasteiger partial charge in [0, 0.05) is 19.1 Å². The van der Waals surface area contributed by atoms with Crippen molar-refractivity contribution >= 4 is 5.65 Å². The van der Waals surface area contributed by atoms with Gasteiger partial charge < -0.3 is 15.2 Å². The van der Waals surface area contributed by atoms with E-state index >= 15 is 0 Å². The average Bonchev–Trinajstić information content (AvgIpc) is 2.60. The van der Waals surface area contributed by atoms with E-state index in [1.807, 2.05) is 0 Å². The molecule has 2 heterocycles. The molecular formula is C8H9N3O3. The second-order valence-electron chi connectivity index (χ2n) is 2.86. The van der Waals surface area contributed by atoms with E-state index in [-0.39, 0.29) is 24.5 Å². The molecule has 0 unspecified atom stereocenters. The van der Waals surface area contributed by atoms with Crippen molar-refractivity contribution in [2.24, 2.45) is 0 Å². The first kappa shape index (κ1) is 8.76. The smallest absolute Gasteiger partial charge is 0.281 e. The van der Waals surface area contributed by atoms with Crippen LogP contribution in [0.1, 0.15) is 5.56 Å². The maximum atomic E-state index is 11.6. The first-order valence-corrected chi connectivity index (χ1v) is 4.12. The van der Waals surface area contributed by atoms with Crippen LogP contribution in [-0.4, -0.2) is 31.4 Å². The summed E-state index contributed by atoms with van der Waals surface area (Å²) >= 11 is 0. The molecule has 0 aliphatic rings. The molecule has 2 aromatic heterocycles. The fourth-order valence-electron chi connectivity index (χ4n) is 1.32. The third kappa shape index (κ3) is 1.16. The normalized spacial score (nSPS) is 10.9. The molecule has 0 spiro atoms. The van der Waals surface area contributed by atoms with Crippen LogP contribution in [0.5, 0.6) is 5.88 Å². The fraction of sp³-hybridized carbons (Fsp3) is 0.250. The molecule has 0 atom stereocenters. The highest BCUT2D eigenvalue weighted by molar-refractivity contribution is 5.40. The van der Waals surface area contributed by atoms with Crippen molar-refractivity contribution in [2.45, 2.75) is 6.42 Å². The van der Waals surface area contributed by atoms with Gasteiger partial charge in [-0.25, -0.2) is 0 Å². The van der Waals surface area contributed by atoms with Gasteiger partial charge in [0.05, 0.1) is 11.8 Å². The number of aliphatic hydroxyl groups excluding tert-OH is 1. The minimum absolute atomic E-state index is 0.108. The van der Waals surface area contributed by atoms with Crippen LogP contribution in [0.2, 0.25) is 0 Å². The predicted octanol–water partition coefficient (Wildman–Crippen LogP) is -0.737. The van der Waals surface area contributed by atoms with Crippen LogP contribution < -0.4 is 5.56 Å². The number of hydrogen-bond acceptors (Lipinski definition) is 4. The van der Waals surface area contributed by atoms with Crippen LogP contribution in [0.3, 0.4) is 0 Å². The summed E-state index contributed by atoms with van der Waals surface area (Å²) in [5.74, 6) is -0.211. The third-order valence-corrected chi connectivity index (χ3v) is 1.99. The number of aliphatic hydroxyl groups is 1. The average molecular weight is 195 g/mol. The Morgan fingerprint density at radius 1 is 1.57 bits per heavy atom. The number of nitrogens with one attached hydrogen (secondary N) is 1. The van der Waals surface area contributed by atoms with Crippen LogP contribution in [0.4, 0.5) is 0 Å². The van der Waals surface area contributed by atoms with Gasteiger partial charge in [-0.2, -0.15) is 9.61 Å². The second-order valence-corrected chi connectivity index (χ2v) is 2.86. The molecule has 6 nitrogen and oxygen atoms in total. The standard InChI is InChI=1S/C8H9N3O3/c12-4-2-5-7(13)10-6-1-3-9-11(6)8(5)14/h1,3,10,12-13H,2,4H2. The fourth-order valence-corrected chi connectivity index (χ4v) is 1.32. The van der Waals surface area contributed by atoms with Gasteiger partial charge in [0.25, 0.3) is 5.56 Å². The van der Waals surface area contributed by atoms with Crippen LogP contribution in [0.15, 0.2) is 17.1 Å². The molecule has 74 valence electrons. The molecule has 0 amide bonds. The number of rotatable bonds is 2. The van der Waals surface area contributed by atoms with Gasteiger partial charge in [0.2, 0.25) is 0 Å². The number of fused-ring (bicyclic) bond motifs is 1. The molecule has 0 aliphatic carbocycles. The molecule has 0 aromatic carbocycles. The summed E-state index contributed by atoms with van der Waals surface area (Å²) in [6.07, 6.45) is 1.56. The summed E-state index contributed by atoms with van der Waals surface area (Å²) in [5, 5.41) is 21.9. The maximum absolute atomic E-state index is 11.6. The number of H-pyrrole nitrogens is 1. The Labute approximate surface area is 78.4 Å². The van der Waals surface area contributed by atoms with E-state index in [0.717, 1.165) is 4.52 Å². The highest BCUT2D eigenvalue weighted by Gasteiger charge is 2.10. The third-order valence-electron chi connectivity index (χ3n) is 1.99. The van der Waals surface area contributed by atoms with Crippen molar-refractivity contribution in [1.29, 1.82) is 0 Å². The summed E-state index contributed by atoms with van der Waals surface area (Å²) in [6, 6.07) is 1.57. The van der Waals surface area contributed by atoms with Crippen LogP contribution in [0.25, 0.3) is 5.65 Å². The molecule has 0 bridgehead atoms. The van der Waals surface area contributed by atoms with Gasteiger partial charge in [0.1, 0.15) is 5.65 Å². The van der Waals surface area contributed by atoms with Crippen LogP contribution >= 0.6 is 0 Å². The van der Waals surface area contributed by atoms with Crippen molar-refractivity contribution < 1.29 is 10.2 Å². The summed E-state index contributed by atoms with van der Waals surface area (Å²) < 4.78 is 1.14. The van der Waals surface area contributed by atoms with Crippen molar-refractivity contribution in [3.05, 3.63) is 28.2 Å². The largest absolute Gasteiger partial charge is 0.494 e. The van der Waals surface area contributed by atoms with E-state index < -0.39 is 5.56 Å². The Kier molecular flexibility index (Phi) is 1.97. The summed E-state index contributed by atoms with van der Waals surface area (Å²) in [4.78, 5) is 14.2. The molecule has 14 heavy (non-hydrogen) atoms. The van der Waals surface area contributed by atoms with E-state index in [2.05, 4.69) is 10.1 Å². The van der Waals surface area contributed by atoms with E-state index in [9.17, 15) is 9.90 Å². The van der Waals surface area contributed by atoms with Crippen molar-refractivity contribution in [3.8, 4) is 5.88 Å². The number of nitrogens with zero attached hydrogens (tertiary/aromatic N) is 2. The van der Waals surface area contributed by atoms with Crippen LogP contribution in [0, 0.1) is 0 Å². The number of aromatic amines is 1. The molecule has 3 N–H and O–H groups in total. The first-order valence-electron chi connectivity index (χ1n) is 4.12. The molecule has 0 saturated carbocycles. The Morgan fingerprint density at radius 2 is 2.36 bits per heavy atom. The summed E-state index contributed by atoms with van der Waals surface area (Å²) in [7, 11) is 0. The van der Waals surface area contributed by atoms with E-state index in [4.69, 9.17) is 5.11 Å². The Balaban J connectivity index is 2.76. The predicted molar refractivity (Wildman–Crippen MR) is 48.3 cm³/mol. The maximum Gasteiger partial charge on any atom is 0.281 e. The van der Waals surface area contributed by atoms with Gasteiger partial charge in [-0.05, 0) is 0 Å². The summed E-state index contributed by atoms with van der Waals surface area (Å²) in [6.45, 7) is -0.191. The number of aromatic nitrogens is 3. The van der Waals surface area contributed by atoms with Crippen molar-refractivity contribution in [1.82, 2.24) is 14.6 Å². The highest BCUT2D eigenvalue weighted by Crippen LogP contribution is 2.10. The molecule has 0 fully saturated rings. The molecule has 6 heteroatoms. The molecule has 0 radical (unpaired) electrons. The molecule has 0 aliphatic heterocycles. The zero-order valence-corrected chi connectivity index (χ0v) is 7.27. The lowest BCUT2D eigenvalue weighted by atomic mass is 10.2. The monoisotopic (exact) mass is 195 g/mol. The van der Waals surface area contributed by atoms with Gasteiger partial charge in [-0.15, -0.1) is 0 Å². The molecule has 2 rings (SSSR count). The lowest BCUT2D eigenvalue weighted by Gasteiger charge is -2.02. The minimum Gasteiger partial charge on any atom is -0.494 e. The number of aromatic hydroxyl groups is 1. The molecule has 0 saturated heterocycles. The highest BCUT2D eigenvalue weighted by atomic mass is 16.3. The van der Waals surface area contributed by atoms with E-state index in [1.165, 1.54) is 6.20 Å². The summed E-state index contributed by atoms with van der Waals surface area (Å²) in [5.41, 5.74) is 0.160. The van der Waals surface area contributed by atoms with Gasteiger partial charge in [0.15, 0.2) is 5.88 Å². The van der Waals surface area contributed by atoms with Crippen molar-refractivity contribution in [2.75, 3.05) is 6.61 Å². The molecule has 2 aromatic rings. The number of hydrogen-bond donors (Lipinski definition) is 3. The van der Waals surface area contributed by atoms with Gasteiger partial charge >= 0.3 is 0 Å². The van der Waals surface area contributed by atoms with Gasteiger partial charge in [-0.3, -0.25) is 4.79 Å². The minimum atomic E-state index is -0.407. The van der Waals surface area contributed by atoms with E-state index in [1.54, 1.807) is 6.07 Å². The Morgan fingerprint density at radius 3 is 3.07 bits per heavy atom. The Hall–Kier alpha value is -1.82. The molecular weight excluding hydrogens is 186 g/mol. The van der Waals surface area contributed by atoms with Crippen molar-refractivity contribution in [3.63, 3.8) is 0 Å². The quantitative estimate of drug-likeness (QED) is 0.588. The first-order chi connectivity index (χ1) is 6.74.